The number of hydrogen-bond donors (Lipinski definition) is 1. The predicted molar refractivity (Wildman–Crippen MR) is 78.1 cm³/mol. The molecule has 2 aromatic rings. The lowest BCUT2D eigenvalue weighted by Crippen LogP contribution is -2.25. The van der Waals surface area contributed by atoms with Crippen LogP contribution in [-0.2, 0) is 0 Å². The summed E-state index contributed by atoms with van der Waals surface area (Å²) in [6, 6.07) is 11.9. The molecule has 21 heavy (non-hydrogen) atoms. The molecular weight excluding hydrogens is 266 g/mol. The lowest BCUT2D eigenvalue weighted by molar-refractivity contribution is 0.0972. The van der Waals surface area contributed by atoms with Crippen LogP contribution in [-0.4, -0.2) is 22.8 Å². The maximum Gasteiger partial charge on any atom is 0.214 e. The van der Waals surface area contributed by atoms with Crippen LogP contribution in [0.3, 0.4) is 0 Å². The number of nitrogens with zero attached hydrogens (tertiary/aromatic N) is 2. The molecular formula is C16H11N3O2. The Labute approximate surface area is 120 Å². The van der Waals surface area contributed by atoms with Crippen molar-refractivity contribution in [1.29, 1.82) is 0 Å². The SMILES string of the molecule is NC1=C(N=Cc2ccccn2)C(=O)c2ccccc2C1=O. The molecule has 1 aliphatic carbocycles. The van der Waals surface area contributed by atoms with Crippen LogP contribution < -0.4 is 5.73 Å². The Balaban J connectivity index is 2.03. The molecule has 0 aliphatic heterocycles. The van der Waals surface area contributed by atoms with E-state index in [-0.39, 0.29) is 23.0 Å². The quantitative estimate of drug-likeness (QED) is 0.847. The van der Waals surface area contributed by atoms with Gasteiger partial charge in [-0.15, -0.1) is 0 Å². The molecule has 0 atom stereocenters. The summed E-state index contributed by atoms with van der Waals surface area (Å²) < 4.78 is 0. The first-order valence-corrected chi connectivity index (χ1v) is 6.32. The second-order valence-electron chi connectivity index (χ2n) is 4.48. The molecule has 0 spiro atoms. The van der Waals surface area contributed by atoms with Gasteiger partial charge >= 0.3 is 0 Å². The van der Waals surface area contributed by atoms with Crippen molar-refractivity contribution in [3.05, 3.63) is 76.9 Å². The van der Waals surface area contributed by atoms with Gasteiger partial charge in [0.25, 0.3) is 0 Å². The van der Waals surface area contributed by atoms with Gasteiger partial charge in [-0.25, -0.2) is 4.99 Å². The normalized spacial score (nSPS) is 14.7. The number of allylic oxidation sites excluding steroid dienone is 2. The van der Waals surface area contributed by atoms with Crippen LogP contribution in [0, 0.1) is 0 Å². The summed E-state index contributed by atoms with van der Waals surface area (Å²) in [6.07, 6.45) is 3.03. The van der Waals surface area contributed by atoms with Crippen molar-refractivity contribution in [3.63, 3.8) is 0 Å². The van der Waals surface area contributed by atoms with E-state index in [0.717, 1.165) is 0 Å². The van der Waals surface area contributed by atoms with Crippen LogP contribution in [0.25, 0.3) is 0 Å². The lowest BCUT2D eigenvalue weighted by atomic mass is 9.91. The van der Waals surface area contributed by atoms with E-state index in [2.05, 4.69) is 9.98 Å². The molecule has 1 aliphatic rings. The zero-order chi connectivity index (χ0) is 14.8. The van der Waals surface area contributed by atoms with Crippen molar-refractivity contribution in [3.8, 4) is 0 Å². The van der Waals surface area contributed by atoms with Crippen LogP contribution in [0.2, 0.25) is 0 Å². The minimum Gasteiger partial charge on any atom is -0.394 e. The number of benzene rings is 1. The van der Waals surface area contributed by atoms with Crippen molar-refractivity contribution in [2.45, 2.75) is 0 Å². The average molecular weight is 277 g/mol. The highest BCUT2D eigenvalue weighted by Gasteiger charge is 2.30. The standard InChI is InChI=1S/C16H11N3O2/c17-13-14(19-9-10-5-3-4-8-18-10)16(21)12-7-2-1-6-11(12)15(13)20/h1-9H,17H2. The van der Waals surface area contributed by atoms with Gasteiger partial charge in [0.15, 0.2) is 0 Å². The summed E-state index contributed by atoms with van der Waals surface area (Å²) in [5.74, 6) is -0.728. The number of aliphatic imine (C=N–C) groups is 1. The van der Waals surface area contributed by atoms with Gasteiger partial charge in [0.05, 0.1) is 11.9 Å². The van der Waals surface area contributed by atoms with Gasteiger partial charge in [0, 0.05) is 17.3 Å². The van der Waals surface area contributed by atoms with Crippen LogP contribution in [0.4, 0.5) is 0 Å². The summed E-state index contributed by atoms with van der Waals surface area (Å²) in [6.45, 7) is 0. The van der Waals surface area contributed by atoms with E-state index in [1.165, 1.54) is 6.21 Å². The van der Waals surface area contributed by atoms with Crippen LogP contribution in [0.1, 0.15) is 26.4 Å². The number of Topliss-reactive ketones (excluding diaryl/α,β-unsaturated/α-hetero) is 2. The Morgan fingerprint density at radius 2 is 1.62 bits per heavy atom. The smallest absolute Gasteiger partial charge is 0.214 e. The number of hydrogen-bond acceptors (Lipinski definition) is 5. The van der Waals surface area contributed by atoms with Crippen LogP contribution >= 0.6 is 0 Å². The molecule has 5 heteroatoms. The Morgan fingerprint density at radius 3 is 2.29 bits per heavy atom. The van der Waals surface area contributed by atoms with Crippen molar-refractivity contribution in [2.24, 2.45) is 10.7 Å². The molecule has 102 valence electrons. The third-order valence-electron chi connectivity index (χ3n) is 3.14. The first-order valence-electron chi connectivity index (χ1n) is 6.32. The zero-order valence-corrected chi connectivity index (χ0v) is 11.0. The molecule has 3 rings (SSSR count). The van der Waals surface area contributed by atoms with Crippen molar-refractivity contribution in [2.75, 3.05) is 0 Å². The predicted octanol–water partition coefficient (Wildman–Crippen LogP) is 1.75. The van der Waals surface area contributed by atoms with Gasteiger partial charge in [-0.3, -0.25) is 14.6 Å². The molecule has 0 fully saturated rings. The fourth-order valence-corrected chi connectivity index (χ4v) is 2.09. The van der Waals surface area contributed by atoms with Gasteiger partial charge in [-0.1, -0.05) is 30.3 Å². The zero-order valence-electron chi connectivity index (χ0n) is 11.0. The molecule has 1 aromatic carbocycles. The van der Waals surface area contributed by atoms with E-state index in [1.54, 1.807) is 48.7 Å². The summed E-state index contributed by atoms with van der Waals surface area (Å²) in [5, 5.41) is 0. The minimum atomic E-state index is -0.377. The molecule has 5 nitrogen and oxygen atoms in total. The van der Waals surface area contributed by atoms with Crippen molar-refractivity contribution >= 4 is 17.8 Å². The molecule has 0 amide bonds. The molecule has 1 heterocycles. The number of aromatic nitrogens is 1. The van der Waals surface area contributed by atoms with Crippen LogP contribution in [0.5, 0.6) is 0 Å². The summed E-state index contributed by atoms with van der Waals surface area (Å²) >= 11 is 0. The Bertz CT molecular complexity index is 792. The van der Waals surface area contributed by atoms with Gasteiger partial charge in [0.1, 0.15) is 11.4 Å². The minimum absolute atomic E-state index is 0.0376. The van der Waals surface area contributed by atoms with E-state index in [9.17, 15) is 9.59 Å². The summed E-state index contributed by atoms with van der Waals surface area (Å²) in [5.41, 5.74) is 6.82. The van der Waals surface area contributed by atoms with E-state index >= 15 is 0 Å². The molecule has 0 unspecified atom stereocenters. The van der Waals surface area contributed by atoms with Crippen LogP contribution in [0.15, 0.2) is 65.0 Å². The van der Waals surface area contributed by atoms with Crippen molar-refractivity contribution < 1.29 is 9.59 Å². The summed E-state index contributed by atoms with van der Waals surface area (Å²) in [4.78, 5) is 32.7. The monoisotopic (exact) mass is 277 g/mol. The molecule has 0 saturated heterocycles. The van der Waals surface area contributed by atoms with Crippen molar-refractivity contribution in [1.82, 2.24) is 4.98 Å². The number of pyridine rings is 1. The van der Waals surface area contributed by atoms with E-state index in [1.807, 2.05) is 0 Å². The number of fused-ring (bicyclic) bond motifs is 1. The number of carbonyl (C=O) groups excluding carboxylic acids is 2. The lowest BCUT2D eigenvalue weighted by Gasteiger charge is -2.15. The van der Waals surface area contributed by atoms with E-state index < -0.39 is 0 Å². The number of rotatable bonds is 2. The number of ketones is 2. The molecule has 0 saturated carbocycles. The Morgan fingerprint density at radius 1 is 0.952 bits per heavy atom. The second-order valence-corrected chi connectivity index (χ2v) is 4.48. The number of nitrogens with two attached hydrogens (primary N) is 1. The largest absolute Gasteiger partial charge is 0.394 e. The van der Waals surface area contributed by atoms with Gasteiger partial charge in [0.2, 0.25) is 11.6 Å². The molecule has 1 aromatic heterocycles. The Hall–Kier alpha value is -3.08. The van der Waals surface area contributed by atoms with Gasteiger partial charge in [-0.2, -0.15) is 0 Å². The fraction of sp³-hybridized carbons (Fsp3) is 0. The number of carbonyl (C=O) groups is 2. The maximum absolute atomic E-state index is 12.4. The first kappa shape index (κ1) is 12.9. The highest BCUT2D eigenvalue weighted by atomic mass is 16.1. The molecule has 0 bridgehead atoms. The topological polar surface area (TPSA) is 85.4 Å². The average Bonchev–Trinajstić information content (AvgIpc) is 2.54. The second kappa shape index (κ2) is 5.13. The van der Waals surface area contributed by atoms with E-state index in [0.29, 0.717) is 16.8 Å². The molecule has 0 radical (unpaired) electrons. The third-order valence-corrected chi connectivity index (χ3v) is 3.14. The first-order chi connectivity index (χ1) is 10.2. The van der Waals surface area contributed by atoms with E-state index in [4.69, 9.17) is 5.73 Å². The van der Waals surface area contributed by atoms with Gasteiger partial charge in [-0.05, 0) is 12.1 Å². The highest BCUT2D eigenvalue weighted by Crippen LogP contribution is 2.24. The maximum atomic E-state index is 12.4. The fourth-order valence-electron chi connectivity index (χ4n) is 2.09. The molecule has 2 N–H and O–H groups in total. The van der Waals surface area contributed by atoms with Gasteiger partial charge < -0.3 is 5.73 Å². The highest BCUT2D eigenvalue weighted by molar-refractivity contribution is 6.26. The Kier molecular flexibility index (Phi) is 3.16. The summed E-state index contributed by atoms with van der Waals surface area (Å²) in [7, 11) is 0. The third kappa shape index (κ3) is 2.25.